The van der Waals surface area contributed by atoms with Crippen molar-refractivity contribution in [2.24, 2.45) is 5.41 Å². The monoisotopic (exact) mass is 239 g/mol. The van der Waals surface area contributed by atoms with E-state index in [1.54, 1.807) is 12.1 Å². The minimum atomic E-state index is -0.756. The Balaban J connectivity index is 1.99. The number of benzene rings is 1. The highest BCUT2D eigenvalue weighted by atomic mass is 19.2. The van der Waals surface area contributed by atoms with E-state index >= 15 is 0 Å². The Morgan fingerprint density at radius 2 is 2.00 bits per heavy atom. The van der Waals surface area contributed by atoms with E-state index < -0.39 is 11.6 Å². The van der Waals surface area contributed by atoms with Crippen LogP contribution in [0.3, 0.4) is 0 Å². The molecular formula is C14H19F2N. The van der Waals surface area contributed by atoms with Crippen LogP contribution in [-0.2, 0) is 6.42 Å². The fourth-order valence-electron chi connectivity index (χ4n) is 1.97. The van der Waals surface area contributed by atoms with Gasteiger partial charge in [-0.3, -0.25) is 0 Å². The normalized spacial score (nSPS) is 16.2. The van der Waals surface area contributed by atoms with E-state index in [0.717, 1.165) is 12.6 Å². The molecule has 1 aromatic rings. The molecule has 1 aliphatic rings. The molecule has 1 aliphatic carbocycles. The van der Waals surface area contributed by atoms with E-state index in [2.05, 4.69) is 19.2 Å². The number of hydrogen-bond acceptors (Lipinski definition) is 1. The van der Waals surface area contributed by atoms with Gasteiger partial charge in [-0.25, -0.2) is 8.78 Å². The van der Waals surface area contributed by atoms with Crippen molar-refractivity contribution in [3.8, 4) is 0 Å². The molecule has 0 spiro atoms. The van der Waals surface area contributed by atoms with Gasteiger partial charge >= 0.3 is 0 Å². The van der Waals surface area contributed by atoms with E-state index in [1.807, 2.05) is 0 Å². The van der Waals surface area contributed by atoms with Gasteiger partial charge in [0, 0.05) is 12.6 Å². The molecule has 1 fully saturated rings. The quantitative estimate of drug-likeness (QED) is 0.831. The first-order valence-electron chi connectivity index (χ1n) is 6.14. The molecule has 0 radical (unpaired) electrons. The lowest BCUT2D eigenvalue weighted by Gasteiger charge is -2.25. The lowest BCUT2D eigenvalue weighted by atomic mass is 9.85. The zero-order valence-electron chi connectivity index (χ0n) is 10.4. The van der Waals surface area contributed by atoms with Gasteiger partial charge in [0.2, 0.25) is 0 Å². The van der Waals surface area contributed by atoms with Gasteiger partial charge in [-0.1, -0.05) is 26.0 Å². The second-order valence-corrected chi connectivity index (χ2v) is 5.71. The van der Waals surface area contributed by atoms with Gasteiger partial charge in [-0.2, -0.15) is 0 Å². The molecule has 0 bridgehead atoms. The minimum Gasteiger partial charge on any atom is -0.313 e. The molecule has 94 valence electrons. The second-order valence-electron chi connectivity index (χ2n) is 5.71. The SMILES string of the molecule is CC(C)(CNC1CC1)Cc1cccc(F)c1F. The molecule has 1 N–H and O–H groups in total. The van der Waals surface area contributed by atoms with E-state index in [4.69, 9.17) is 0 Å². The van der Waals surface area contributed by atoms with Crippen LogP contribution in [0.4, 0.5) is 8.78 Å². The summed E-state index contributed by atoms with van der Waals surface area (Å²) in [5.41, 5.74) is 0.407. The Bertz CT molecular complexity index is 397. The maximum absolute atomic E-state index is 13.5. The van der Waals surface area contributed by atoms with Gasteiger partial charge in [0.05, 0.1) is 0 Å². The van der Waals surface area contributed by atoms with Crippen LogP contribution < -0.4 is 5.32 Å². The Morgan fingerprint density at radius 1 is 1.29 bits per heavy atom. The lowest BCUT2D eigenvalue weighted by Crippen LogP contribution is -2.32. The molecule has 0 saturated heterocycles. The van der Waals surface area contributed by atoms with E-state index in [1.165, 1.54) is 12.8 Å². The van der Waals surface area contributed by atoms with Crippen LogP contribution in [-0.4, -0.2) is 12.6 Å². The summed E-state index contributed by atoms with van der Waals surface area (Å²) >= 11 is 0. The standard InChI is InChI=1S/C14H19F2N/c1-14(2,9-17-11-6-7-11)8-10-4-3-5-12(15)13(10)16/h3-5,11,17H,6-9H2,1-2H3. The Kier molecular flexibility index (Phi) is 3.48. The summed E-state index contributed by atoms with van der Waals surface area (Å²) < 4.78 is 26.6. The Morgan fingerprint density at radius 3 is 2.65 bits per heavy atom. The zero-order valence-corrected chi connectivity index (χ0v) is 10.4. The summed E-state index contributed by atoms with van der Waals surface area (Å²) in [5.74, 6) is -1.46. The molecule has 1 nitrogen and oxygen atoms in total. The van der Waals surface area contributed by atoms with Crippen molar-refractivity contribution in [2.75, 3.05) is 6.54 Å². The summed E-state index contributed by atoms with van der Waals surface area (Å²) in [6.45, 7) is 4.99. The molecule has 0 atom stereocenters. The van der Waals surface area contributed by atoms with Gasteiger partial charge in [-0.15, -0.1) is 0 Å². The first kappa shape index (κ1) is 12.5. The molecular weight excluding hydrogens is 220 g/mol. The van der Waals surface area contributed by atoms with Crippen molar-refractivity contribution in [2.45, 2.75) is 39.2 Å². The van der Waals surface area contributed by atoms with Crippen molar-refractivity contribution in [3.05, 3.63) is 35.4 Å². The van der Waals surface area contributed by atoms with Crippen LogP contribution >= 0.6 is 0 Å². The molecule has 0 amide bonds. The lowest BCUT2D eigenvalue weighted by molar-refractivity contribution is 0.330. The molecule has 0 heterocycles. The van der Waals surface area contributed by atoms with Crippen molar-refractivity contribution >= 4 is 0 Å². The largest absolute Gasteiger partial charge is 0.313 e. The maximum atomic E-state index is 13.5. The summed E-state index contributed by atoms with van der Waals surface area (Å²) in [6, 6.07) is 5.04. The van der Waals surface area contributed by atoms with Crippen LogP contribution in [0.2, 0.25) is 0 Å². The first-order chi connectivity index (χ1) is 7.98. The maximum Gasteiger partial charge on any atom is 0.162 e. The van der Waals surface area contributed by atoms with Crippen molar-refractivity contribution in [3.63, 3.8) is 0 Å². The molecule has 3 heteroatoms. The van der Waals surface area contributed by atoms with Gasteiger partial charge in [-0.05, 0) is 36.3 Å². The molecule has 1 aromatic carbocycles. The summed E-state index contributed by atoms with van der Waals surface area (Å²) in [7, 11) is 0. The van der Waals surface area contributed by atoms with Crippen molar-refractivity contribution in [1.29, 1.82) is 0 Å². The predicted molar refractivity (Wildman–Crippen MR) is 64.9 cm³/mol. The van der Waals surface area contributed by atoms with Crippen LogP contribution in [0.1, 0.15) is 32.3 Å². The van der Waals surface area contributed by atoms with Crippen LogP contribution in [0.25, 0.3) is 0 Å². The number of rotatable bonds is 5. The van der Waals surface area contributed by atoms with Crippen molar-refractivity contribution in [1.82, 2.24) is 5.32 Å². The molecule has 0 aliphatic heterocycles. The van der Waals surface area contributed by atoms with Gasteiger partial charge in [0.15, 0.2) is 11.6 Å². The van der Waals surface area contributed by atoms with Gasteiger partial charge in [0.25, 0.3) is 0 Å². The fourth-order valence-corrected chi connectivity index (χ4v) is 1.97. The Labute approximate surface area is 101 Å². The van der Waals surface area contributed by atoms with Crippen LogP contribution in [0, 0.1) is 17.0 Å². The highest BCUT2D eigenvalue weighted by Crippen LogP contribution is 2.26. The summed E-state index contributed by atoms with van der Waals surface area (Å²) in [5, 5.41) is 3.43. The van der Waals surface area contributed by atoms with Gasteiger partial charge < -0.3 is 5.32 Å². The Hall–Kier alpha value is -0.960. The van der Waals surface area contributed by atoms with Crippen LogP contribution in [0.5, 0.6) is 0 Å². The third kappa shape index (κ3) is 3.50. The third-order valence-electron chi connectivity index (χ3n) is 3.15. The van der Waals surface area contributed by atoms with Crippen LogP contribution in [0.15, 0.2) is 18.2 Å². The topological polar surface area (TPSA) is 12.0 Å². The molecule has 1 saturated carbocycles. The smallest absolute Gasteiger partial charge is 0.162 e. The van der Waals surface area contributed by atoms with Gasteiger partial charge in [0.1, 0.15) is 0 Å². The summed E-state index contributed by atoms with van der Waals surface area (Å²) in [4.78, 5) is 0. The van der Waals surface area contributed by atoms with E-state index in [-0.39, 0.29) is 5.41 Å². The number of nitrogens with one attached hydrogen (secondary N) is 1. The molecule has 2 rings (SSSR count). The molecule has 0 aromatic heterocycles. The highest BCUT2D eigenvalue weighted by Gasteiger charge is 2.26. The predicted octanol–water partition coefficient (Wildman–Crippen LogP) is 3.29. The minimum absolute atomic E-state index is 0.0583. The first-order valence-corrected chi connectivity index (χ1v) is 6.14. The third-order valence-corrected chi connectivity index (χ3v) is 3.15. The average molecular weight is 239 g/mol. The van der Waals surface area contributed by atoms with E-state index in [0.29, 0.717) is 18.0 Å². The molecule has 0 unspecified atom stereocenters. The summed E-state index contributed by atoms with van der Waals surface area (Å²) in [6.07, 6.45) is 3.03. The molecule has 17 heavy (non-hydrogen) atoms. The zero-order chi connectivity index (χ0) is 12.5. The second kappa shape index (κ2) is 4.73. The van der Waals surface area contributed by atoms with E-state index in [9.17, 15) is 8.78 Å². The number of hydrogen-bond donors (Lipinski definition) is 1. The average Bonchev–Trinajstić information content (AvgIpc) is 3.06. The fraction of sp³-hybridized carbons (Fsp3) is 0.571. The number of halogens is 2. The van der Waals surface area contributed by atoms with Crippen molar-refractivity contribution < 1.29 is 8.78 Å². The highest BCUT2D eigenvalue weighted by molar-refractivity contribution is 5.20.